The summed E-state index contributed by atoms with van der Waals surface area (Å²) in [6, 6.07) is 6.05. The van der Waals surface area contributed by atoms with Gasteiger partial charge < -0.3 is 10.6 Å². The average Bonchev–Trinajstić information content (AvgIpc) is 2.28. The van der Waals surface area contributed by atoms with Gasteiger partial charge in [0.25, 0.3) is 0 Å². The minimum atomic E-state index is 0.0209. The zero-order valence-corrected chi connectivity index (χ0v) is 11.4. The molecule has 1 atom stereocenters. The summed E-state index contributed by atoms with van der Waals surface area (Å²) >= 11 is 6.26. The van der Waals surface area contributed by atoms with E-state index >= 15 is 0 Å². The molecule has 0 fully saturated rings. The molecule has 2 nitrogen and oxygen atoms in total. The molecule has 0 aliphatic carbocycles. The molecule has 0 radical (unpaired) electrons. The fraction of sp³-hybridized carbons (Fsp3) is 0.429. The summed E-state index contributed by atoms with van der Waals surface area (Å²) in [6.45, 7) is 6.65. The lowest BCUT2D eigenvalue weighted by atomic mass is 10.1. The molecule has 1 rings (SSSR count). The van der Waals surface area contributed by atoms with E-state index < -0.39 is 0 Å². The normalized spacial score (nSPS) is 12.2. The van der Waals surface area contributed by atoms with Crippen LogP contribution >= 0.6 is 11.6 Å². The zero-order valence-electron chi connectivity index (χ0n) is 10.6. The summed E-state index contributed by atoms with van der Waals surface area (Å²) in [5, 5.41) is 0.765. The van der Waals surface area contributed by atoms with Gasteiger partial charge in [-0.25, -0.2) is 0 Å². The van der Waals surface area contributed by atoms with Gasteiger partial charge in [-0.15, -0.1) is 6.58 Å². The summed E-state index contributed by atoms with van der Waals surface area (Å²) in [6.07, 6.45) is 4.06. The molecule has 0 saturated carbocycles. The van der Waals surface area contributed by atoms with Crippen molar-refractivity contribution in [1.82, 2.24) is 0 Å². The fourth-order valence-corrected chi connectivity index (χ4v) is 2.04. The summed E-state index contributed by atoms with van der Waals surface area (Å²) in [5.74, 6) is 0. The van der Waals surface area contributed by atoms with E-state index in [1.807, 2.05) is 31.2 Å². The molecule has 0 aromatic heterocycles. The topological polar surface area (TPSA) is 29.3 Å². The lowest BCUT2D eigenvalue weighted by molar-refractivity contribution is 0.797. The van der Waals surface area contributed by atoms with Crippen molar-refractivity contribution in [3.63, 3.8) is 0 Å². The van der Waals surface area contributed by atoms with E-state index in [4.69, 9.17) is 17.3 Å². The van der Waals surface area contributed by atoms with Crippen molar-refractivity contribution in [2.75, 3.05) is 18.5 Å². The molecule has 0 spiro atoms. The Hall–Kier alpha value is -0.990. The molecule has 0 bridgehead atoms. The molecule has 1 aromatic carbocycles. The van der Waals surface area contributed by atoms with Crippen LogP contribution in [0.3, 0.4) is 0 Å². The van der Waals surface area contributed by atoms with Crippen molar-refractivity contribution in [1.29, 1.82) is 0 Å². The number of nitrogens with zero attached hydrogens (tertiary/aromatic N) is 1. The molecule has 2 N–H and O–H groups in total. The molecule has 94 valence electrons. The summed E-state index contributed by atoms with van der Waals surface area (Å²) in [7, 11) is 2.05. The van der Waals surface area contributed by atoms with E-state index in [1.54, 1.807) is 0 Å². The Morgan fingerprint density at radius 2 is 2.24 bits per heavy atom. The van der Waals surface area contributed by atoms with Crippen molar-refractivity contribution in [3.8, 4) is 0 Å². The Balaban J connectivity index is 2.73. The molecule has 17 heavy (non-hydrogen) atoms. The third-order valence-corrected chi connectivity index (χ3v) is 3.11. The Morgan fingerprint density at radius 3 is 2.76 bits per heavy atom. The maximum absolute atomic E-state index is 6.26. The van der Waals surface area contributed by atoms with E-state index in [0.29, 0.717) is 0 Å². The third kappa shape index (κ3) is 4.06. The molecule has 0 saturated heterocycles. The molecule has 0 aliphatic rings. The Labute approximate surface area is 109 Å². The van der Waals surface area contributed by atoms with Gasteiger partial charge in [0.15, 0.2) is 0 Å². The largest absolute Gasteiger partial charge is 0.373 e. The molecular formula is C14H21ClN2. The highest BCUT2D eigenvalue weighted by Crippen LogP contribution is 2.28. The van der Waals surface area contributed by atoms with Crippen LogP contribution in [0.1, 0.15) is 31.4 Å². The second-order valence-corrected chi connectivity index (χ2v) is 4.76. The average molecular weight is 253 g/mol. The van der Waals surface area contributed by atoms with Gasteiger partial charge in [-0.3, -0.25) is 0 Å². The molecule has 1 unspecified atom stereocenters. The fourth-order valence-electron chi connectivity index (χ4n) is 1.71. The third-order valence-electron chi connectivity index (χ3n) is 2.81. The van der Waals surface area contributed by atoms with E-state index in [1.165, 1.54) is 0 Å². The number of unbranched alkanes of at least 4 members (excludes halogenated alkanes) is 1. The molecule has 0 aliphatic heterocycles. The smallest absolute Gasteiger partial charge is 0.0642 e. The number of rotatable bonds is 6. The number of nitrogens with two attached hydrogens (primary N) is 1. The highest BCUT2D eigenvalue weighted by atomic mass is 35.5. The highest BCUT2D eigenvalue weighted by Gasteiger charge is 2.08. The molecular weight excluding hydrogens is 232 g/mol. The lowest BCUT2D eigenvalue weighted by Crippen LogP contribution is -2.19. The summed E-state index contributed by atoms with van der Waals surface area (Å²) < 4.78 is 0. The highest BCUT2D eigenvalue weighted by molar-refractivity contribution is 6.33. The number of benzene rings is 1. The van der Waals surface area contributed by atoms with E-state index in [2.05, 4.69) is 18.5 Å². The Bertz CT molecular complexity index is 374. The number of hydrogen-bond acceptors (Lipinski definition) is 2. The van der Waals surface area contributed by atoms with E-state index in [-0.39, 0.29) is 6.04 Å². The van der Waals surface area contributed by atoms with E-state index in [9.17, 15) is 0 Å². The monoisotopic (exact) mass is 252 g/mol. The summed E-state index contributed by atoms with van der Waals surface area (Å²) in [5.41, 5.74) is 7.95. The first-order valence-electron chi connectivity index (χ1n) is 5.93. The zero-order chi connectivity index (χ0) is 12.8. The quantitative estimate of drug-likeness (QED) is 0.617. The van der Waals surface area contributed by atoms with Crippen LogP contribution < -0.4 is 10.6 Å². The van der Waals surface area contributed by atoms with Gasteiger partial charge in [0, 0.05) is 19.6 Å². The van der Waals surface area contributed by atoms with Crippen LogP contribution in [0.4, 0.5) is 5.69 Å². The van der Waals surface area contributed by atoms with Gasteiger partial charge in [-0.05, 0) is 37.5 Å². The van der Waals surface area contributed by atoms with Crippen molar-refractivity contribution in [3.05, 3.63) is 41.4 Å². The van der Waals surface area contributed by atoms with Crippen LogP contribution in [0.5, 0.6) is 0 Å². The minimum absolute atomic E-state index is 0.0209. The number of hydrogen-bond donors (Lipinski definition) is 1. The van der Waals surface area contributed by atoms with Gasteiger partial charge in [0.2, 0.25) is 0 Å². The van der Waals surface area contributed by atoms with Crippen LogP contribution in [0.15, 0.2) is 30.9 Å². The van der Waals surface area contributed by atoms with Crippen LogP contribution in [0.2, 0.25) is 5.02 Å². The van der Waals surface area contributed by atoms with Crippen LogP contribution in [-0.2, 0) is 0 Å². The lowest BCUT2D eigenvalue weighted by Gasteiger charge is -2.21. The Morgan fingerprint density at radius 1 is 1.53 bits per heavy atom. The molecule has 0 amide bonds. The maximum Gasteiger partial charge on any atom is 0.0642 e. The first-order valence-corrected chi connectivity index (χ1v) is 6.31. The second kappa shape index (κ2) is 6.67. The maximum atomic E-state index is 6.26. The predicted molar refractivity (Wildman–Crippen MR) is 76.8 cm³/mol. The minimum Gasteiger partial charge on any atom is -0.373 e. The SMILES string of the molecule is C=CCCCN(C)c1ccc(C(C)N)cc1Cl. The van der Waals surface area contributed by atoms with Gasteiger partial charge in [0.05, 0.1) is 10.7 Å². The molecule has 3 heteroatoms. The van der Waals surface area contributed by atoms with Gasteiger partial charge in [-0.2, -0.15) is 0 Å². The number of anilines is 1. The van der Waals surface area contributed by atoms with Gasteiger partial charge in [0.1, 0.15) is 0 Å². The van der Waals surface area contributed by atoms with Crippen molar-refractivity contribution in [2.45, 2.75) is 25.8 Å². The van der Waals surface area contributed by atoms with Gasteiger partial charge in [-0.1, -0.05) is 23.7 Å². The van der Waals surface area contributed by atoms with Crippen molar-refractivity contribution < 1.29 is 0 Å². The van der Waals surface area contributed by atoms with E-state index in [0.717, 1.165) is 35.7 Å². The molecule has 0 heterocycles. The van der Waals surface area contributed by atoms with Gasteiger partial charge >= 0.3 is 0 Å². The number of halogens is 1. The second-order valence-electron chi connectivity index (χ2n) is 4.35. The predicted octanol–water partition coefficient (Wildman–Crippen LogP) is 3.76. The van der Waals surface area contributed by atoms with Crippen LogP contribution in [0, 0.1) is 0 Å². The number of allylic oxidation sites excluding steroid dienone is 1. The van der Waals surface area contributed by atoms with Crippen LogP contribution in [0.25, 0.3) is 0 Å². The van der Waals surface area contributed by atoms with Crippen molar-refractivity contribution >= 4 is 17.3 Å². The van der Waals surface area contributed by atoms with Crippen LogP contribution in [-0.4, -0.2) is 13.6 Å². The first kappa shape index (κ1) is 14.1. The van der Waals surface area contributed by atoms with Crippen molar-refractivity contribution in [2.24, 2.45) is 5.73 Å². The standard InChI is InChI=1S/C14H21ClN2/c1-4-5-6-9-17(3)14-8-7-12(11(2)16)10-13(14)15/h4,7-8,10-11H,1,5-6,9,16H2,2-3H3. The summed E-state index contributed by atoms with van der Waals surface area (Å²) in [4.78, 5) is 2.16. The first-order chi connectivity index (χ1) is 8.06. The molecule has 1 aromatic rings. The Kier molecular flexibility index (Phi) is 5.52.